The molecule has 0 bridgehead atoms. The second-order valence-electron chi connectivity index (χ2n) is 4.30. The van der Waals surface area contributed by atoms with E-state index in [0.29, 0.717) is 6.04 Å². The van der Waals surface area contributed by atoms with Gasteiger partial charge in [0.25, 0.3) is 0 Å². The molecule has 0 amide bonds. The molecule has 90 valence electrons. The van der Waals surface area contributed by atoms with E-state index in [2.05, 4.69) is 19.2 Å². The number of methoxy groups -OCH3 is 1. The summed E-state index contributed by atoms with van der Waals surface area (Å²) in [7, 11) is 1.62. The Hall–Kier alpha value is -1.06. The summed E-state index contributed by atoms with van der Waals surface area (Å²) in [6.45, 7) is 6.09. The molecule has 16 heavy (non-hydrogen) atoms. The van der Waals surface area contributed by atoms with Crippen LogP contribution < -0.4 is 10.1 Å². The minimum absolute atomic E-state index is 0.00343. The van der Waals surface area contributed by atoms with Gasteiger partial charge in [-0.1, -0.05) is 32.0 Å². The summed E-state index contributed by atoms with van der Waals surface area (Å²) >= 11 is 0. The molecule has 0 spiro atoms. The molecule has 3 heteroatoms. The van der Waals surface area contributed by atoms with E-state index < -0.39 is 6.10 Å². The highest BCUT2D eigenvalue weighted by molar-refractivity contribution is 5.35. The lowest BCUT2D eigenvalue weighted by Crippen LogP contribution is -2.37. The van der Waals surface area contributed by atoms with Gasteiger partial charge in [0.05, 0.1) is 13.2 Å². The van der Waals surface area contributed by atoms with Crippen LogP contribution in [0.5, 0.6) is 5.75 Å². The molecule has 1 aromatic rings. The van der Waals surface area contributed by atoms with Crippen LogP contribution >= 0.6 is 0 Å². The van der Waals surface area contributed by atoms with Crippen LogP contribution in [0.1, 0.15) is 32.4 Å². The van der Waals surface area contributed by atoms with Crippen molar-refractivity contribution in [3.8, 4) is 5.75 Å². The zero-order chi connectivity index (χ0) is 12.1. The lowest BCUT2D eigenvalue weighted by atomic mass is 10.0. The summed E-state index contributed by atoms with van der Waals surface area (Å²) in [6, 6.07) is 7.90. The van der Waals surface area contributed by atoms with Crippen molar-refractivity contribution in [3.63, 3.8) is 0 Å². The molecule has 0 saturated heterocycles. The number of hydrogen-bond acceptors (Lipinski definition) is 3. The zero-order valence-corrected chi connectivity index (χ0v) is 10.4. The smallest absolute Gasteiger partial charge is 0.124 e. The van der Waals surface area contributed by atoms with Crippen LogP contribution in [0.4, 0.5) is 0 Å². The van der Waals surface area contributed by atoms with Crippen molar-refractivity contribution in [1.82, 2.24) is 5.32 Å². The molecule has 3 nitrogen and oxygen atoms in total. The molecule has 0 heterocycles. The Morgan fingerprint density at radius 3 is 2.38 bits per heavy atom. The number of aliphatic hydroxyl groups excluding tert-OH is 1. The van der Waals surface area contributed by atoms with Crippen molar-refractivity contribution in [1.29, 1.82) is 0 Å². The standard InChI is InChI=1S/C13H21NO2/c1-9(2)14-10(3)13(15)11-7-5-6-8-12(11)16-4/h5-10,13-15H,1-4H3. The fourth-order valence-electron chi connectivity index (χ4n) is 1.80. The maximum Gasteiger partial charge on any atom is 0.124 e. The number of nitrogens with one attached hydrogen (secondary N) is 1. The van der Waals surface area contributed by atoms with Crippen molar-refractivity contribution in [2.24, 2.45) is 0 Å². The molecule has 0 aliphatic heterocycles. The average molecular weight is 223 g/mol. The normalized spacial score (nSPS) is 14.9. The third-order valence-electron chi connectivity index (χ3n) is 2.53. The lowest BCUT2D eigenvalue weighted by Gasteiger charge is -2.24. The van der Waals surface area contributed by atoms with E-state index in [0.717, 1.165) is 11.3 Å². The molecule has 0 aromatic heterocycles. The van der Waals surface area contributed by atoms with E-state index in [1.807, 2.05) is 31.2 Å². The quantitative estimate of drug-likeness (QED) is 0.803. The van der Waals surface area contributed by atoms with Crippen LogP contribution in [0.2, 0.25) is 0 Å². The van der Waals surface area contributed by atoms with Crippen molar-refractivity contribution < 1.29 is 9.84 Å². The van der Waals surface area contributed by atoms with Crippen molar-refractivity contribution in [3.05, 3.63) is 29.8 Å². The Balaban J connectivity index is 2.82. The number of hydrogen-bond donors (Lipinski definition) is 2. The number of aliphatic hydroxyl groups is 1. The van der Waals surface area contributed by atoms with Crippen LogP contribution in [-0.4, -0.2) is 24.3 Å². The minimum Gasteiger partial charge on any atom is -0.496 e. The predicted octanol–water partition coefficient (Wildman–Crippen LogP) is 2.12. The van der Waals surface area contributed by atoms with Gasteiger partial charge in [-0.3, -0.25) is 0 Å². The van der Waals surface area contributed by atoms with Crippen LogP contribution in [0, 0.1) is 0 Å². The topological polar surface area (TPSA) is 41.5 Å². The Labute approximate surface area is 97.4 Å². The predicted molar refractivity (Wildman–Crippen MR) is 65.7 cm³/mol. The molecule has 2 N–H and O–H groups in total. The van der Waals surface area contributed by atoms with E-state index >= 15 is 0 Å². The number of ether oxygens (including phenoxy) is 1. The fraction of sp³-hybridized carbons (Fsp3) is 0.538. The van der Waals surface area contributed by atoms with Gasteiger partial charge in [0.15, 0.2) is 0 Å². The third kappa shape index (κ3) is 3.22. The first-order valence-electron chi connectivity index (χ1n) is 5.63. The number of rotatable bonds is 5. The maximum absolute atomic E-state index is 10.2. The largest absolute Gasteiger partial charge is 0.496 e. The summed E-state index contributed by atoms with van der Waals surface area (Å²) in [5.41, 5.74) is 0.825. The van der Waals surface area contributed by atoms with Gasteiger partial charge in [-0.05, 0) is 13.0 Å². The molecule has 2 atom stereocenters. The van der Waals surface area contributed by atoms with E-state index in [1.54, 1.807) is 7.11 Å². The van der Waals surface area contributed by atoms with Gasteiger partial charge in [-0.15, -0.1) is 0 Å². The first-order chi connectivity index (χ1) is 7.56. The highest BCUT2D eigenvalue weighted by Gasteiger charge is 2.19. The van der Waals surface area contributed by atoms with Gasteiger partial charge < -0.3 is 15.2 Å². The molecule has 2 unspecified atom stereocenters. The summed E-state index contributed by atoms with van der Waals surface area (Å²) < 4.78 is 5.23. The van der Waals surface area contributed by atoms with Gasteiger partial charge in [0.1, 0.15) is 5.75 Å². The number of para-hydroxylation sites is 1. The van der Waals surface area contributed by atoms with Gasteiger partial charge in [0, 0.05) is 17.6 Å². The minimum atomic E-state index is -0.557. The van der Waals surface area contributed by atoms with Crippen LogP contribution in [-0.2, 0) is 0 Å². The molecule has 0 aliphatic carbocycles. The van der Waals surface area contributed by atoms with Gasteiger partial charge >= 0.3 is 0 Å². The SMILES string of the molecule is COc1ccccc1C(O)C(C)NC(C)C. The van der Waals surface area contributed by atoms with Crippen molar-refractivity contribution in [2.45, 2.75) is 39.0 Å². The average Bonchev–Trinajstić information content (AvgIpc) is 2.27. The Morgan fingerprint density at radius 2 is 1.81 bits per heavy atom. The van der Waals surface area contributed by atoms with Crippen LogP contribution in [0.15, 0.2) is 24.3 Å². The molecular weight excluding hydrogens is 202 g/mol. The molecule has 0 fully saturated rings. The van der Waals surface area contributed by atoms with Crippen molar-refractivity contribution >= 4 is 0 Å². The monoisotopic (exact) mass is 223 g/mol. The highest BCUT2D eigenvalue weighted by Crippen LogP contribution is 2.26. The van der Waals surface area contributed by atoms with Gasteiger partial charge in [-0.2, -0.15) is 0 Å². The summed E-state index contributed by atoms with van der Waals surface area (Å²) in [6.07, 6.45) is -0.557. The molecule has 1 aromatic carbocycles. The van der Waals surface area contributed by atoms with Crippen LogP contribution in [0.25, 0.3) is 0 Å². The summed E-state index contributed by atoms with van der Waals surface area (Å²) in [5, 5.41) is 13.5. The third-order valence-corrected chi connectivity index (χ3v) is 2.53. The Morgan fingerprint density at radius 1 is 1.19 bits per heavy atom. The zero-order valence-electron chi connectivity index (χ0n) is 10.4. The van der Waals surface area contributed by atoms with Crippen LogP contribution in [0.3, 0.4) is 0 Å². The van der Waals surface area contributed by atoms with Gasteiger partial charge in [0.2, 0.25) is 0 Å². The fourth-order valence-corrected chi connectivity index (χ4v) is 1.80. The number of benzene rings is 1. The van der Waals surface area contributed by atoms with Crippen molar-refractivity contribution in [2.75, 3.05) is 7.11 Å². The molecule has 0 saturated carbocycles. The second kappa shape index (κ2) is 5.87. The Bertz CT molecular complexity index is 325. The molecular formula is C13H21NO2. The maximum atomic E-state index is 10.2. The second-order valence-corrected chi connectivity index (χ2v) is 4.30. The summed E-state index contributed by atoms with van der Waals surface area (Å²) in [4.78, 5) is 0. The van der Waals surface area contributed by atoms with E-state index in [9.17, 15) is 5.11 Å². The van der Waals surface area contributed by atoms with E-state index in [1.165, 1.54) is 0 Å². The molecule has 1 rings (SSSR count). The first-order valence-corrected chi connectivity index (χ1v) is 5.63. The first kappa shape index (κ1) is 13.0. The van der Waals surface area contributed by atoms with E-state index in [-0.39, 0.29) is 6.04 Å². The Kier molecular flexibility index (Phi) is 4.77. The van der Waals surface area contributed by atoms with Gasteiger partial charge in [-0.25, -0.2) is 0 Å². The lowest BCUT2D eigenvalue weighted by molar-refractivity contribution is 0.128. The highest BCUT2D eigenvalue weighted by atomic mass is 16.5. The summed E-state index contributed by atoms with van der Waals surface area (Å²) in [5.74, 6) is 0.729. The molecule has 0 radical (unpaired) electrons. The molecule has 0 aliphatic rings. The van der Waals surface area contributed by atoms with E-state index in [4.69, 9.17) is 4.74 Å².